The Hall–Kier alpha value is -1.59. The number of hydrogen-bond acceptors (Lipinski definition) is 3. The summed E-state index contributed by atoms with van der Waals surface area (Å²) in [5, 5.41) is 9.61. The number of amides is 1. The van der Waals surface area contributed by atoms with Crippen LogP contribution >= 0.6 is 11.6 Å². The quantitative estimate of drug-likeness (QED) is 0.874. The molecule has 1 saturated heterocycles. The van der Waals surface area contributed by atoms with Gasteiger partial charge < -0.3 is 10.0 Å². The fourth-order valence-electron chi connectivity index (χ4n) is 2.91. The fraction of sp³-hybridized carbons (Fsp3) is 0.500. The summed E-state index contributed by atoms with van der Waals surface area (Å²) in [7, 11) is 0. The van der Waals surface area contributed by atoms with Crippen LogP contribution in [0.2, 0.25) is 5.02 Å². The van der Waals surface area contributed by atoms with Gasteiger partial charge >= 0.3 is 5.97 Å². The summed E-state index contributed by atoms with van der Waals surface area (Å²) in [6.07, 6.45) is 2.33. The summed E-state index contributed by atoms with van der Waals surface area (Å²) in [6.45, 7) is 3.08. The van der Waals surface area contributed by atoms with E-state index in [1.54, 1.807) is 15.9 Å². The Kier molecular flexibility index (Phi) is 5.80. The molecule has 0 saturated carbocycles. The third kappa shape index (κ3) is 3.78. The molecule has 1 fully saturated rings. The number of carbonyl (C=O) groups excluding carboxylic acids is 1. The molecule has 0 aliphatic carbocycles. The Bertz CT molecular complexity index is 550. The van der Waals surface area contributed by atoms with E-state index in [9.17, 15) is 9.59 Å². The van der Waals surface area contributed by atoms with Crippen LogP contribution in [0.15, 0.2) is 24.3 Å². The molecule has 0 aromatic heterocycles. The highest BCUT2D eigenvalue weighted by molar-refractivity contribution is 6.33. The van der Waals surface area contributed by atoms with Gasteiger partial charge in [-0.3, -0.25) is 14.5 Å². The summed E-state index contributed by atoms with van der Waals surface area (Å²) < 4.78 is 0. The van der Waals surface area contributed by atoms with E-state index in [0.29, 0.717) is 30.2 Å². The number of halogens is 1. The number of hydrogen-bond donors (Lipinski definition) is 1. The van der Waals surface area contributed by atoms with E-state index >= 15 is 0 Å². The van der Waals surface area contributed by atoms with Crippen molar-refractivity contribution in [2.45, 2.75) is 32.2 Å². The van der Waals surface area contributed by atoms with E-state index in [1.165, 1.54) is 0 Å². The first kappa shape index (κ1) is 16.8. The van der Waals surface area contributed by atoms with Crippen molar-refractivity contribution in [2.75, 3.05) is 24.5 Å². The number of carboxylic acids is 1. The maximum absolute atomic E-state index is 12.8. The van der Waals surface area contributed by atoms with Crippen molar-refractivity contribution in [2.24, 2.45) is 0 Å². The third-order valence-electron chi connectivity index (χ3n) is 3.84. The van der Waals surface area contributed by atoms with E-state index < -0.39 is 5.97 Å². The molecule has 0 spiro atoms. The molecule has 1 unspecified atom stereocenters. The first-order chi connectivity index (χ1) is 10.5. The number of carbonyl (C=O) groups is 2. The number of benzene rings is 1. The van der Waals surface area contributed by atoms with E-state index in [2.05, 4.69) is 0 Å². The molecule has 1 heterocycles. The molecular weight excluding hydrogens is 304 g/mol. The van der Waals surface area contributed by atoms with Crippen molar-refractivity contribution >= 4 is 29.2 Å². The number of piperidine rings is 1. The van der Waals surface area contributed by atoms with Gasteiger partial charge in [-0.15, -0.1) is 0 Å². The van der Waals surface area contributed by atoms with E-state index in [-0.39, 0.29) is 18.5 Å². The normalized spacial score (nSPS) is 18.8. The van der Waals surface area contributed by atoms with Gasteiger partial charge in [-0.2, -0.15) is 0 Å². The number of carboxylic acid groups (broad SMARTS) is 1. The number of aliphatic carboxylic acids is 1. The summed E-state index contributed by atoms with van der Waals surface area (Å²) in [6, 6.07) is 6.87. The Labute approximate surface area is 135 Å². The Morgan fingerprint density at radius 3 is 2.82 bits per heavy atom. The second-order valence-corrected chi connectivity index (χ2v) is 5.87. The minimum absolute atomic E-state index is 0.0611. The zero-order valence-corrected chi connectivity index (χ0v) is 13.4. The summed E-state index contributed by atoms with van der Waals surface area (Å²) >= 11 is 6.19. The number of anilines is 1. The van der Waals surface area contributed by atoms with Crippen LogP contribution < -0.4 is 4.90 Å². The van der Waals surface area contributed by atoms with Gasteiger partial charge in [0.2, 0.25) is 5.91 Å². The second kappa shape index (κ2) is 7.61. The largest absolute Gasteiger partial charge is 0.480 e. The molecule has 0 radical (unpaired) electrons. The van der Waals surface area contributed by atoms with Crippen molar-refractivity contribution in [3.8, 4) is 0 Å². The molecule has 22 heavy (non-hydrogen) atoms. The standard InChI is InChI=1S/C16H21ClN2O3/c1-2-9-18(11-15(20)21)14-8-5-10-19(16(14)22)13-7-4-3-6-12(13)17/h3-4,6-7,14H,2,5,8-11H2,1H3,(H,20,21). The zero-order valence-electron chi connectivity index (χ0n) is 12.7. The van der Waals surface area contributed by atoms with Crippen LogP contribution in [0.4, 0.5) is 5.69 Å². The lowest BCUT2D eigenvalue weighted by Gasteiger charge is -2.38. The Morgan fingerprint density at radius 1 is 1.45 bits per heavy atom. The lowest BCUT2D eigenvalue weighted by molar-refractivity contribution is -0.140. The Morgan fingerprint density at radius 2 is 2.18 bits per heavy atom. The Balaban J connectivity index is 2.22. The van der Waals surface area contributed by atoms with E-state index in [1.807, 2.05) is 25.1 Å². The minimum Gasteiger partial charge on any atom is -0.480 e. The van der Waals surface area contributed by atoms with Gasteiger partial charge in [0.15, 0.2) is 0 Å². The number of nitrogens with zero attached hydrogens (tertiary/aromatic N) is 2. The SMILES string of the molecule is CCCN(CC(=O)O)C1CCCN(c2ccccc2Cl)C1=O. The predicted octanol–water partition coefficient (Wildman–Crippen LogP) is 2.63. The predicted molar refractivity (Wildman–Crippen MR) is 86.3 cm³/mol. The van der Waals surface area contributed by atoms with Crippen molar-refractivity contribution in [1.29, 1.82) is 0 Å². The van der Waals surface area contributed by atoms with Crippen molar-refractivity contribution in [1.82, 2.24) is 4.90 Å². The topological polar surface area (TPSA) is 60.9 Å². The molecule has 5 nitrogen and oxygen atoms in total. The molecule has 1 aliphatic rings. The van der Waals surface area contributed by atoms with Crippen LogP contribution in [-0.4, -0.2) is 47.6 Å². The molecule has 0 bridgehead atoms. The number of rotatable bonds is 6. The monoisotopic (exact) mass is 324 g/mol. The minimum atomic E-state index is -0.906. The third-order valence-corrected chi connectivity index (χ3v) is 4.16. The maximum atomic E-state index is 12.8. The van der Waals surface area contributed by atoms with Gasteiger partial charge in [0, 0.05) is 6.54 Å². The van der Waals surface area contributed by atoms with E-state index in [4.69, 9.17) is 16.7 Å². The summed E-state index contributed by atoms with van der Waals surface area (Å²) in [4.78, 5) is 27.3. The highest BCUT2D eigenvalue weighted by Gasteiger charge is 2.34. The smallest absolute Gasteiger partial charge is 0.317 e. The van der Waals surface area contributed by atoms with Gasteiger partial charge in [0.05, 0.1) is 23.3 Å². The first-order valence-corrected chi connectivity index (χ1v) is 7.94. The molecule has 1 N–H and O–H groups in total. The van der Waals surface area contributed by atoms with Crippen LogP contribution in [0.1, 0.15) is 26.2 Å². The van der Waals surface area contributed by atoms with Crippen LogP contribution in [0.25, 0.3) is 0 Å². The molecule has 2 rings (SSSR count). The molecule has 1 amide bonds. The van der Waals surface area contributed by atoms with Gasteiger partial charge in [-0.25, -0.2) is 0 Å². The molecule has 1 atom stereocenters. The van der Waals surface area contributed by atoms with Crippen LogP contribution in [0.3, 0.4) is 0 Å². The maximum Gasteiger partial charge on any atom is 0.317 e. The highest BCUT2D eigenvalue weighted by atomic mass is 35.5. The molecule has 1 aliphatic heterocycles. The molecule has 120 valence electrons. The molecule has 1 aromatic carbocycles. The average Bonchev–Trinajstić information content (AvgIpc) is 2.48. The summed E-state index contributed by atoms with van der Waals surface area (Å²) in [5.74, 6) is -0.967. The van der Waals surface area contributed by atoms with Crippen molar-refractivity contribution < 1.29 is 14.7 Å². The molecular formula is C16H21ClN2O3. The number of para-hydroxylation sites is 1. The van der Waals surface area contributed by atoms with Crippen LogP contribution in [-0.2, 0) is 9.59 Å². The molecule has 6 heteroatoms. The van der Waals surface area contributed by atoms with Gasteiger partial charge in [-0.1, -0.05) is 30.7 Å². The lowest BCUT2D eigenvalue weighted by atomic mass is 10.0. The van der Waals surface area contributed by atoms with Crippen LogP contribution in [0, 0.1) is 0 Å². The van der Waals surface area contributed by atoms with Crippen molar-refractivity contribution in [3.63, 3.8) is 0 Å². The molecule has 1 aromatic rings. The second-order valence-electron chi connectivity index (χ2n) is 5.46. The zero-order chi connectivity index (χ0) is 16.1. The highest BCUT2D eigenvalue weighted by Crippen LogP contribution is 2.29. The average molecular weight is 325 g/mol. The van der Waals surface area contributed by atoms with Gasteiger partial charge in [-0.05, 0) is 37.9 Å². The van der Waals surface area contributed by atoms with E-state index in [0.717, 1.165) is 12.8 Å². The first-order valence-electron chi connectivity index (χ1n) is 7.56. The lowest BCUT2D eigenvalue weighted by Crippen LogP contribution is -2.54. The van der Waals surface area contributed by atoms with Crippen LogP contribution in [0.5, 0.6) is 0 Å². The van der Waals surface area contributed by atoms with Crippen molar-refractivity contribution in [3.05, 3.63) is 29.3 Å². The summed E-state index contributed by atoms with van der Waals surface area (Å²) in [5.41, 5.74) is 0.700. The van der Waals surface area contributed by atoms with Gasteiger partial charge in [0.25, 0.3) is 0 Å². The van der Waals surface area contributed by atoms with Gasteiger partial charge in [0.1, 0.15) is 0 Å². The fourth-order valence-corrected chi connectivity index (χ4v) is 3.15.